The van der Waals surface area contributed by atoms with Crippen molar-refractivity contribution < 1.29 is 4.57 Å². The minimum Gasteiger partial charge on any atom is -0.337 e. The molecule has 0 saturated carbocycles. The summed E-state index contributed by atoms with van der Waals surface area (Å²) in [5, 5.41) is 2.84. The Morgan fingerprint density at radius 1 is 0.919 bits per heavy atom. The standard InChI is InChI=1S/C29H21N4OS3/c1-31-21-12-6-8-14-23(21)35-25(31)17-19-16-20(18-10-4-3-5-11-18)30-29-33(19)27(34)26(37-29)28-32(2)22-13-7-9-15-24(22)36-28/h3-17H,1-2H3/q+1/b28-26+. The molecule has 0 bridgehead atoms. The Kier molecular flexibility index (Phi) is 5.28. The van der Waals surface area contributed by atoms with E-state index in [1.165, 1.54) is 21.6 Å². The van der Waals surface area contributed by atoms with Crippen molar-refractivity contribution in [2.75, 3.05) is 11.9 Å². The number of thiazole rings is 2. The van der Waals surface area contributed by atoms with Crippen molar-refractivity contribution >= 4 is 66.4 Å². The summed E-state index contributed by atoms with van der Waals surface area (Å²) >= 11 is 4.81. The van der Waals surface area contributed by atoms with Crippen LogP contribution in [0.3, 0.4) is 0 Å². The first-order chi connectivity index (χ1) is 18.1. The highest BCUT2D eigenvalue weighted by molar-refractivity contribution is 8.08. The zero-order valence-corrected chi connectivity index (χ0v) is 22.5. The SMILES string of the molecule is CN1/C(=c2\sc3nc(-c4ccccc4)c/c(=C\c4sc5ccccc5[n+]4C)n3c2=O)Sc2ccccc21. The van der Waals surface area contributed by atoms with Crippen LogP contribution in [0.2, 0.25) is 0 Å². The Labute approximate surface area is 224 Å². The fourth-order valence-corrected chi connectivity index (χ4v) is 8.12. The van der Waals surface area contributed by atoms with Gasteiger partial charge in [0.05, 0.1) is 16.7 Å². The molecule has 0 unspecified atom stereocenters. The van der Waals surface area contributed by atoms with Gasteiger partial charge >= 0.3 is 0 Å². The number of thioether (sulfide) groups is 1. The lowest BCUT2D eigenvalue weighted by Gasteiger charge is -2.11. The maximum absolute atomic E-state index is 14.0. The molecule has 6 aromatic rings. The number of aryl methyl sites for hydroxylation is 1. The van der Waals surface area contributed by atoms with Crippen molar-refractivity contribution in [3.63, 3.8) is 0 Å². The second kappa shape index (κ2) is 8.69. The van der Waals surface area contributed by atoms with Crippen LogP contribution in [0.1, 0.15) is 5.01 Å². The summed E-state index contributed by atoms with van der Waals surface area (Å²) in [6, 6.07) is 28.8. The van der Waals surface area contributed by atoms with Gasteiger partial charge in [-0.2, -0.15) is 4.57 Å². The molecule has 1 aliphatic rings. The summed E-state index contributed by atoms with van der Waals surface area (Å²) in [5.74, 6) is 0. The highest BCUT2D eigenvalue weighted by Gasteiger charge is 2.25. The van der Waals surface area contributed by atoms with E-state index in [1.54, 1.807) is 27.5 Å². The lowest BCUT2D eigenvalue weighted by molar-refractivity contribution is -0.642. The van der Waals surface area contributed by atoms with Crippen molar-refractivity contribution in [1.29, 1.82) is 0 Å². The first kappa shape index (κ1) is 22.5. The topological polar surface area (TPSA) is 41.5 Å². The first-order valence-electron chi connectivity index (χ1n) is 11.8. The van der Waals surface area contributed by atoms with E-state index >= 15 is 0 Å². The lowest BCUT2D eigenvalue weighted by atomic mass is 10.1. The van der Waals surface area contributed by atoms with Gasteiger partial charge in [-0.15, -0.1) is 0 Å². The van der Waals surface area contributed by atoms with Crippen LogP contribution < -0.4 is 24.9 Å². The van der Waals surface area contributed by atoms with Crippen LogP contribution in [-0.4, -0.2) is 16.4 Å². The van der Waals surface area contributed by atoms with Crippen LogP contribution in [0.5, 0.6) is 0 Å². The second-order valence-corrected chi connectivity index (χ2v) is 11.9. The lowest BCUT2D eigenvalue weighted by Crippen LogP contribution is -2.35. The van der Waals surface area contributed by atoms with E-state index < -0.39 is 0 Å². The normalized spacial score (nSPS) is 15.2. The number of nitrogens with zero attached hydrogens (tertiary/aromatic N) is 4. The molecule has 5 nitrogen and oxygen atoms in total. The summed E-state index contributed by atoms with van der Waals surface area (Å²) in [5.41, 5.74) is 4.12. The Bertz CT molecular complexity index is 2020. The molecule has 3 aromatic carbocycles. The molecule has 4 heterocycles. The fraction of sp³-hybridized carbons (Fsp3) is 0.0690. The van der Waals surface area contributed by atoms with Crippen molar-refractivity contribution in [2.45, 2.75) is 4.90 Å². The van der Waals surface area contributed by atoms with Crippen LogP contribution in [-0.2, 0) is 7.05 Å². The summed E-state index contributed by atoms with van der Waals surface area (Å²) < 4.78 is 5.86. The molecule has 7 rings (SSSR count). The monoisotopic (exact) mass is 537 g/mol. The van der Waals surface area contributed by atoms with Crippen LogP contribution in [0, 0.1) is 0 Å². The highest BCUT2D eigenvalue weighted by Crippen LogP contribution is 2.45. The Balaban J connectivity index is 1.54. The molecular weight excluding hydrogens is 517 g/mol. The van der Waals surface area contributed by atoms with E-state index in [1.807, 2.05) is 43.4 Å². The van der Waals surface area contributed by atoms with Gasteiger partial charge in [0.25, 0.3) is 10.6 Å². The molecule has 37 heavy (non-hydrogen) atoms. The van der Waals surface area contributed by atoms with Gasteiger partial charge in [-0.3, -0.25) is 9.20 Å². The van der Waals surface area contributed by atoms with Gasteiger partial charge < -0.3 is 4.90 Å². The van der Waals surface area contributed by atoms with Crippen LogP contribution in [0.25, 0.3) is 37.5 Å². The molecule has 0 N–H and O–H groups in total. The predicted octanol–water partition coefficient (Wildman–Crippen LogP) is 4.60. The molecular formula is C29H21N4OS3+. The molecule has 3 aromatic heterocycles. The molecule has 0 atom stereocenters. The third-order valence-corrected chi connectivity index (χ3v) is 10.1. The largest absolute Gasteiger partial charge is 0.337 e. The van der Waals surface area contributed by atoms with Gasteiger partial charge in [0.1, 0.15) is 21.3 Å². The molecule has 0 spiro atoms. The van der Waals surface area contributed by atoms with Gasteiger partial charge in [-0.1, -0.05) is 89.0 Å². The van der Waals surface area contributed by atoms with Gasteiger partial charge in [0.15, 0.2) is 4.96 Å². The summed E-state index contributed by atoms with van der Waals surface area (Å²) in [6.07, 6.45) is 2.11. The van der Waals surface area contributed by atoms with Crippen molar-refractivity contribution in [3.05, 3.63) is 110 Å². The van der Waals surface area contributed by atoms with Gasteiger partial charge in [0, 0.05) is 29.6 Å². The van der Waals surface area contributed by atoms with E-state index in [0.29, 0.717) is 9.49 Å². The molecule has 0 saturated heterocycles. The molecule has 1 aliphatic heterocycles. The first-order valence-corrected chi connectivity index (χ1v) is 14.3. The van der Waals surface area contributed by atoms with Crippen LogP contribution in [0.15, 0.2) is 94.6 Å². The highest BCUT2D eigenvalue weighted by atomic mass is 32.2. The van der Waals surface area contributed by atoms with Crippen LogP contribution >= 0.6 is 34.4 Å². The summed E-state index contributed by atoms with van der Waals surface area (Å²) in [6.45, 7) is 0. The molecule has 180 valence electrons. The van der Waals surface area contributed by atoms with Crippen LogP contribution in [0.4, 0.5) is 5.69 Å². The molecule has 0 aliphatic carbocycles. The van der Waals surface area contributed by atoms with E-state index in [-0.39, 0.29) is 5.56 Å². The van der Waals surface area contributed by atoms with Gasteiger partial charge in [0.2, 0.25) is 5.52 Å². The Morgan fingerprint density at radius 3 is 2.49 bits per heavy atom. The van der Waals surface area contributed by atoms with Crippen molar-refractivity contribution in [3.8, 4) is 11.3 Å². The number of fused-ring (bicyclic) bond motifs is 3. The van der Waals surface area contributed by atoms with Crippen molar-refractivity contribution in [1.82, 2.24) is 9.38 Å². The number of rotatable bonds is 2. The van der Waals surface area contributed by atoms with E-state index in [4.69, 9.17) is 4.98 Å². The van der Waals surface area contributed by atoms with E-state index in [2.05, 4.69) is 71.1 Å². The Morgan fingerprint density at radius 2 is 1.68 bits per heavy atom. The summed E-state index contributed by atoms with van der Waals surface area (Å²) in [4.78, 5) is 22.9. The minimum absolute atomic E-state index is 0.0377. The third kappa shape index (κ3) is 3.63. The number of hydrogen-bond donors (Lipinski definition) is 0. The number of hydrogen-bond acceptors (Lipinski definition) is 6. The van der Waals surface area contributed by atoms with Gasteiger partial charge in [-0.05, 0) is 24.3 Å². The van der Waals surface area contributed by atoms with Gasteiger partial charge in [-0.25, -0.2) is 4.98 Å². The maximum Gasteiger partial charge on any atom is 0.277 e. The minimum atomic E-state index is -0.0377. The fourth-order valence-electron chi connectivity index (χ4n) is 4.68. The van der Waals surface area contributed by atoms with Crippen molar-refractivity contribution in [2.24, 2.45) is 7.05 Å². The van der Waals surface area contributed by atoms with E-state index in [0.717, 1.165) is 37.2 Å². The smallest absolute Gasteiger partial charge is 0.277 e. The molecule has 0 radical (unpaired) electrons. The number of anilines is 1. The molecule has 0 amide bonds. The average Bonchev–Trinajstić information content (AvgIpc) is 3.56. The zero-order valence-electron chi connectivity index (χ0n) is 20.1. The molecule has 8 heteroatoms. The average molecular weight is 538 g/mol. The summed E-state index contributed by atoms with van der Waals surface area (Å²) in [7, 11) is 4.09. The second-order valence-electron chi connectivity index (χ2n) is 8.83. The number of aromatic nitrogens is 3. The zero-order chi connectivity index (χ0) is 25.1. The quantitative estimate of drug-likeness (QED) is 0.303. The third-order valence-electron chi connectivity index (χ3n) is 6.59. The Hall–Kier alpha value is -3.72. The van der Waals surface area contributed by atoms with E-state index in [9.17, 15) is 4.79 Å². The number of para-hydroxylation sites is 2. The molecule has 0 fully saturated rings. The number of benzene rings is 3. The maximum atomic E-state index is 14.0. The predicted molar refractivity (Wildman–Crippen MR) is 155 cm³/mol.